The van der Waals surface area contributed by atoms with Crippen molar-refractivity contribution in [1.82, 2.24) is 0 Å². The molecule has 0 radical (unpaired) electrons. The SMILES string of the molecule is Cc1ccc(/C=C2\N=C(c3ccc(C)s3)OC2=O)s1. The van der Waals surface area contributed by atoms with E-state index in [2.05, 4.69) is 4.99 Å². The fourth-order valence-electron chi connectivity index (χ4n) is 1.73. The first kappa shape index (κ1) is 12.3. The first-order valence-electron chi connectivity index (χ1n) is 5.77. The van der Waals surface area contributed by atoms with Gasteiger partial charge < -0.3 is 4.74 Å². The minimum atomic E-state index is -0.382. The topological polar surface area (TPSA) is 38.7 Å². The predicted octanol–water partition coefficient (Wildman–Crippen LogP) is 3.77. The van der Waals surface area contributed by atoms with Crippen LogP contribution >= 0.6 is 22.7 Å². The van der Waals surface area contributed by atoms with Gasteiger partial charge in [0.25, 0.3) is 0 Å². The number of nitrogens with zero attached hydrogens (tertiary/aromatic N) is 1. The molecule has 1 aliphatic heterocycles. The van der Waals surface area contributed by atoms with Crippen molar-refractivity contribution in [1.29, 1.82) is 0 Å². The number of rotatable bonds is 2. The van der Waals surface area contributed by atoms with E-state index in [0.717, 1.165) is 9.75 Å². The molecule has 19 heavy (non-hydrogen) atoms. The van der Waals surface area contributed by atoms with Crippen LogP contribution in [0.15, 0.2) is 35.0 Å². The van der Waals surface area contributed by atoms with Crippen LogP contribution in [-0.2, 0) is 9.53 Å². The van der Waals surface area contributed by atoms with Crippen LogP contribution in [0.2, 0.25) is 0 Å². The normalized spacial score (nSPS) is 16.8. The molecular formula is C14H11NO2S2. The Hall–Kier alpha value is -1.72. The number of cyclic esters (lactones) is 1. The van der Waals surface area contributed by atoms with E-state index in [4.69, 9.17) is 4.74 Å². The Morgan fingerprint density at radius 3 is 2.47 bits per heavy atom. The molecular weight excluding hydrogens is 278 g/mol. The molecule has 2 aromatic rings. The summed E-state index contributed by atoms with van der Waals surface area (Å²) in [6, 6.07) is 7.90. The summed E-state index contributed by atoms with van der Waals surface area (Å²) in [6.45, 7) is 4.04. The summed E-state index contributed by atoms with van der Waals surface area (Å²) in [5.41, 5.74) is 0.364. The number of carbonyl (C=O) groups is 1. The third-order valence-electron chi connectivity index (χ3n) is 2.61. The third kappa shape index (κ3) is 2.52. The van der Waals surface area contributed by atoms with Crippen molar-refractivity contribution in [3.8, 4) is 0 Å². The Morgan fingerprint density at radius 1 is 1.11 bits per heavy atom. The highest BCUT2D eigenvalue weighted by Gasteiger charge is 2.25. The van der Waals surface area contributed by atoms with Crippen molar-refractivity contribution < 1.29 is 9.53 Å². The van der Waals surface area contributed by atoms with Gasteiger partial charge in [0.15, 0.2) is 5.70 Å². The van der Waals surface area contributed by atoms with E-state index in [0.29, 0.717) is 11.6 Å². The number of carbonyl (C=O) groups excluding carboxylic acids is 1. The van der Waals surface area contributed by atoms with E-state index in [-0.39, 0.29) is 5.97 Å². The summed E-state index contributed by atoms with van der Waals surface area (Å²) in [4.78, 5) is 20.3. The number of aliphatic imine (C=N–C) groups is 1. The summed E-state index contributed by atoms with van der Waals surface area (Å²) in [6.07, 6.45) is 1.77. The largest absolute Gasteiger partial charge is 0.401 e. The number of ether oxygens (including phenoxy) is 1. The standard InChI is InChI=1S/C14H11NO2S2/c1-8-3-5-10(18-8)7-11-14(16)17-13(15-11)12-6-4-9(2)19-12/h3-7H,1-2H3/b11-7-. The number of thiophene rings is 2. The second-order valence-electron chi connectivity index (χ2n) is 4.19. The van der Waals surface area contributed by atoms with E-state index >= 15 is 0 Å². The highest BCUT2D eigenvalue weighted by molar-refractivity contribution is 7.14. The molecule has 0 saturated carbocycles. The number of aryl methyl sites for hydroxylation is 2. The first-order chi connectivity index (χ1) is 9.11. The smallest absolute Gasteiger partial charge is 0.363 e. The quantitative estimate of drug-likeness (QED) is 0.623. The minimum absolute atomic E-state index is 0.364. The molecule has 96 valence electrons. The van der Waals surface area contributed by atoms with Gasteiger partial charge in [-0.2, -0.15) is 0 Å². The molecule has 3 heterocycles. The molecule has 0 N–H and O–H groups in total. The van der Waals surface area contributed by atoms with E-state index in [1.165, 1.54) is 9.75 Å². The van der Waals surface area contributed by atoms with Gasteiger partial charge in [-0.3, -0.25) is 0 Å². The zero-order valence-electron chi connectivity index (χ0n) is 10.5. The molecule has 0 saturated heterocycles. The average molecular weight is 289 g/mol. The van der Waals surface area contributed by atoms with Gasteiger partial charge in [-0.05, 0) is 44.2 Å². The van der Waals surface area contributed by atoms with Crippen molar-refractivity contribution in [2.24, 2.45) is 4.99 Å². The summed E-state index contributed by atoms with van der Waals surface area (Å²) in [7, 11) is 0. The first-order valence-corrected chi connectivity index (χ1v) is 7.41. The lowest BCUT2D eigenvalue weighted by molar-refractivity contribution is -0.129. The minimum Gasteiger partial charge on any atom is -0.401 e. The van der Waals surface area contributed by atoms with Crippen LogP contribution in [0, 0.1) is 13.8 Å². The average Bonchev–Trinajstić information content (AvgIpc) is 3.03. The molecule has 0 bridgehead atoms. The van der Waals surface area contributed by atoms with Crippen molar-refractivity contribution in [3.63, 3.8) is 0 Å². The maximum atomic E-state index is 11.8. The van der Waals surface area contributed by atoms with Gasteiger partial charge in [-0.25, -0.2) is 9.79 Å². The molecule has 0 aromatic carbocycles. The summed E-state index contributed by atoms with van der Waals surface area (Å²) in [5.74, 6) is 0.0229. The molecule has 3 nitrogen and oxygen atoms in total. The van der Waals surface area contributed by atoms with Crippen LogP contribution in [-0.4, -0.2) is 11.9 Å². The van der Waals surface area contributed by atoms with Gasteiger partial charge in [0.1, 0.15) is 0 Å². The van der Waals surface area contributed by atoms with Crippen LogP contribution in [0.5, 0.6) is 0 Å². The van der Waals surface area contributed by atoms with Gasteiger partial charge in [0, 0.05) is 14.6 Å². The van der Waals surface area contributed by atoms with Crippen LogP contribution in [0.4, 0.5) is 0 Å². The summed E-state index contributed by atoms with van der Waals surface area (Å²) in [5, 5.41) is 0. The maximum Gasteiger partial charge on any atom is 0.363 e. The monoisotopic (exact) mass is 289 g/mol. The Morgan fingerprint density at radius 2 is 1.84 bits per heavy atom. The van der Waals surface area contributed by atoms with Crippen molar-refractivity contribution in [2.75, 3.05) is 0 Å². The summed E-state index contributed by atoms with van der Waals surface area (Å²) >= 11 is 3.19. The Bertz CT molecular complexity index is 707. The molecule has 0 aliphatic carbocycles. The van der Waals surface area contributed by atoms with Crippen molar-refractivity contribution >= 4 is 40.6 Å². The number of esters is 1. The second-order valence-corrected chi connectivity index (χ2v) is 6.80. The highest BCUT2D eigenvalue weighted by atomic mass is 32.1. The Balaban J connectivity index is 1.93. The highest BCUT2D eigenvalue weighted by Crippen LogP contribution is 2.25. The lowest BCUT2D eigenvalue weighted by Crippen LogP contribution is -2.03. The molecule has 0 amide bonds. The second kappa shape index (κ2) is 4.75. The molecule has 0 fully saturated rings. The van der Waals surface area contributed by atoms with Gasteiger partial charge in [-0.1, -0.05) is 0 Å². The number of hydrogen-bond acceptors (Lipinski definition) is 5. The fraction of sp³-hybridized carbons (Fsp3) is 0.143. The van der Waals surface area contributed by atoms with E-state index in [1.807, 2.05) is 38.1 Å². The van der Waals surface area contributed by atoms with Crippen LogP contribution < -0.4 is 0 Å². The molecule has 0 atom stereocenters. The van der Waals surface area contributed by atoms with Gasteiger partial charge in [-0.15, -0.1) is 22.7 Å². The maximum absolute atomic E-state index is 11.8. The van der Waals surface area contributed by atoms with Crippen LogP contribution in [0.3, 0.4) is 0 Å². The molecule has 3 rings (SSSR count). The zero-order chi connectivity index (χ0) is 13.4. The van der Waals surface area contributed by atoms with E-state index < -0.39 is 0 Å². The lowest BCUT2D eigenvalue weighted by Gasteiger charge is -1.92. The van der Waals surface area contributed by atoms with Gasteiger partial charge in [0.2, 0.25) is 5.90 Å². The fourth-order valence-corrected chi connectivity index (χ4v) is 3.34. The third-order valence-corrected chi connectivity index (χ3v) is 4.55. The molecule has 0 spiro atoms. The zero-order valence-corrected chi connectivity index (χ0v) is 12.1. The Labute approximate surface area is 118 Å². The molecule has 0 unspecified atom stereocenters. The van der Waals surface area contributed by atoms with Crippen LogP contribution in [0.25, 0.3) is 6.08 Å². The van der Waals surface area contributed by atoms with Crippen molar-refractivity contribution in [2.45, 2.75) is 13.8 Å². The molecule has 2 aromatic heterocycles. The Kier molecular flexibility index (Phi) is 3.08. The number of hydrogen-bond donors (Lipinski definition) is 0. The predicted molar refractivity (Wildman–Crippen MR) is 78.7 cm³/mol. The van der Waals surface area contributed by atoms with Gasteiger partial charge >= 0.3 is 5.97 Å². The van der Waals surface area contributed by atoms with E-state index in [1.54, 1.807) is 28.7 Å². The van der Waals surface area contributed by atoms with Crippen LogP contribution in [0.1, 0.15) is 19.5 Å². The van der Waals surface area contributed by atoms with Gasteiger partial charge in [0.05, 0.1) is 4.88 Å². The van der Waals surface area contributed by atoms with E-state index in [9.17, 15) is 4.79 Å². The van der Waals surface area contributed by atoms with Crippen molar-refractivity contribution in [3.05, 3.63) is 49.5 Å². The summed E-state index contributed by atoms with van der Waals surface area (Å²) < 4.78 is 5.21. The lowest BCUT2D eigenvalue weighted by atomic mass is 10.3. The molecule has 5 heteroatoms. The molecule has 1 aliphatic rings.